The van der Waals surface area contributed by atoms with Gasteiger partial charge in [0, 0.05) is 18.8 Å². The summed E-state index contributed by atoms with van der Waals surface area (Å²) in [5.41, 5.74) is 2.19. The molecule has 2 aromatic rings. The fourth-order valence-electron chi connectivity index (χ4n) is 2.52. The third kappa shape index (κ3) is 5.48. The molecule has 28 heavy (non-hydrogen) atoms. The summed E-state index contributed by atoms with van der Waals surface area (Å²) in [5, 5.41) is 11.7. The second-order valence-electron chi connectivity index (χ2n) is 6.35. The van der Waals surface area contributed by atoms with Crippen LogP contribution < -0.4 is 14.8 Å². The predicted octanol–water partition coefficient (Wildman–Crippen LogP) is 2.74. The van der Waals surface area contributed by atoms with Gasteiger partial charge >= 0.3 is 0 Å². The van der Waals surface area contributed by atoms with E-state index in [0.29, 0.717) is 22.7 Å². The van der Waals surface area contributed by atoms with Gasteiger partial charge in [0.2, 0.25) is 5.91 Å². The number of anilines is 1. The molecule has 2 rings (SSSR count). The molecule has 0 aliphatic rings. The van der Waals surface area contributed by atoms with Crippen LogP contribution in [0.25, 0.3) is 0 Å². The smallest absolute Gasteiger partial charge is 0.263 e. The van der Waals surface area contributed by atoms with Gasteiger partial charge in [-0.3, -0.25) is 9.59 Å². The van der Waals surface area contributed by atoms with Crippen molar-refractivity contribution in [1.82, 2.24) is 4.90 Å². The lowest BCUT2D eigenvalue weighted by Crippen LogP contribution is -2.42. The largest absolute Gasteiger partial charge is 0.493 e. The fraction of sp³-hybridized carbons (Fsp3) is 0.286. The maximum Gasteiger partial charge on any atom is 0.263 e. The van der Waals surface area contributed by atoms with E-state index in [4.69, 9.17) is 14.7 Å². The number of hydrogen-bond donors (Lipinski definition) is 1. The Morgan fingerprint density at radius 3 is 2.46 bits per heavy atom. The second kappa shape index (κ2) is 9.42. The molecule has 0 unspecified atom stereocenters. The molecule has 0 bridgehead atoms. The molecule has 0 saturated heterocycles. The Morgan fingerprint density at radius 2 is 1.86 bits per heavy atom. The van der Waals surface area contributed by atoms with Gasteiger partial charge < -0.3 is 19.7 Å². The van der Waals surface area contributed by atoms with Crippen LogP contribution in [0.1, 0.15) is 18.1 Å². The first kappa shape index (κ1) is 20.8. The van der Waals surface area contributed by atoms with Crippen LogP contribution in [0.3, 0.4) is 0 Å². The highest BCUT2D eigenvalue weighted by atomic mass is 16.5. The van der Waals surface area contributed by atoms with Crippen LogP contribution in [-0.2, 0) is 9.59 Å². The number of carbonyl (C=O) groups is 2. The zero-order valence-electron chi connectivity index (χ0n) is 16.4. The molecule has 2 aromatic carbocycles. The molecule has 0 saturated carbocycles. The van der Waals surface area contributed by atoms with Gasteiger partial charge in [0.25, 0.3) is 5.91 Å². The van der Waals surface area contributed by atoms with Gasteiger partial charge in [-0.2, -0.15) is 5.26 Å². The van der Waals surface area contributed by atoms with Crippen LogP contribution in [-0.4, -0.2) is 43.5 Å². The zero-order chi connectivity index (χ0) is 20.7. The van der Waals surface area contributed by atoms with Crippen LogP contribution in [0.15, 0.2) is 42.5 Å². The van der Waals surface area contributed by atoms with Gasteiger partial charge in [0.15, 0.2) is 17.6 Å². The SMILES string of the molecule is COc1cc(C#N)ccc1O[C@@H](C)C(=O)N(C)CC(=O)Nc1ccc(C)cc1. The van der Waals surface area contributed by atoms with E-state index in [-0.39, 0.29) is 18.4 Å². The summed E-state index contributed by atoms with van der Waals surface area (Å²) in [6.07, 6.45) is -0.834. The number of likely N-dealkylation sites (N-methyl/N-ethyl adjacent to an activating group) is 1. The zero-order valence-corrected chi connectivity index (χ0v) is 16.4. The van der Waals surface area contributed by atoms with Gasteiger partial charge in [-0.25, -0.2) is 0 Å². The van der Waals surface area contributed by atoms with E-state index in [0.717, 1.165) is 5.56 Å². The average molecular weight is 381 g/mol. The molecule has 0 heterocycles. The lowest BCUT2D eigenvalue weighted by atomic mass is 10.2. The van der Waals surface area contributed by atoms with Crippen LogP contribution in [0.5, 0.6) is 11.5 Å². The maximum atomic E-state index is 12.5. The van der Waals surface area contributed by atoms with Crippen molar-refractivity contribution < 1.29 is 19.1 Å². The lowest BCUT2D eigenvalue weighted by molar-refractivity contribution is -0.139. The van der Waals surface area contributed by atoms with Gasteiger partial charge in [-0.15, -0.1) is 0 Å². The van der Waals surface area contributed by atoms with Gasteiger partial charge in [-0.1, -0.05) is 17.7 Å². The molecule has 7 heteroatoms. The number of nitriles is 1. The van der Waals surface area contributed by atoms with Gasteiger partial charge in [-0.05, 0) is 38.1 Å². The van der Waals surface area contributed by atoms with E-state index in [1.807, 2.05) is 25.1 Å². The molecular weight excluding hydrogens is 358 g/mol. The Hall–Kier alpha value is -3.53. The number of amides is 2. The Morgan fingerprint density at radius 1 is 1.18 bits per heavy atom. The Bertz CT molecular complexity index is 888. The van der Waals surface area contributed by atoms with Crippen molar-refractivity contribution in [2.45, 2.75) is 20.0 Å². The van der Waals surface area contributed by atoms with Gasteiger partial charge in [0.1, 0.15) is 0 Å². The number of carbonyl (C=O) groups excluding carboxylic acids is 2. The Balaban J connectivity index is 1.95. The van der Waals surface area contributed by atoms with E-state index in [2.05, 4.69) is 5.32 Å². The quantitative estimate of drug-likeness (QED) is 0.796. The summed E-state index contributed by atoms with van der Waals surface area (Å²) in [6.45, 7) is 3.45. The number of benzene rings is 2. The first-order valence-electron chi connectivity index (χ1n) is 8.70. The molecule has 0 fully saturated rings. The third-order valence-electron chi connectivity index (χ3n) is 4.04. The summed E-state index contributed by atoms with van der Waals surface area (Å²) in [5.74, 6) is 0.0478. The van der Waals surface area contributed by atoms with E-state index in [9.17, 15) is 9.59 Å². The molecule has 1 atom stereocenters. The highest BCUT2D eigenvalue weighted by Crippen LogP contribution is 2.29. The van der Waals surface area contributed by atoms with E-state index >= 15 is 0 Å². The highest BCUT2D eigenvalue weighted by Gasteiger charge is 2.22. The monoisotopic (exact) mass is 381 g/mol. The van der Waals surface area contributed by atoms with Crippen molar-refractivity contribution in [3.05, 3.63) is 53.6 Å². The van der Waals surface area contributed by atoms with Crippen molar-refractivity contribution in [3.63, 3.8) is 0 Å². The molecule has 0 aliphatic carbocycles. The standard InChI is InChI=1S/C21H23N3O4/c1-14-5-8-17(9-6-14)23-20(25)13-24(3)21(26)15(2)28-18-10-7-16(12-22)11-19(18)27-4/h5-11,15H,13H2,1-4H3,(H,23,25)/t15-/m0/s1. The number of aryl methyl sites for hydroxylation is 1. The van der Waals surface area contributed by atoms with Crippen molar-refractivity contribution in [3.8, 4) is 17.6 Å². The fourth-order valence-corrected chi connectivity index (χ4v) is 2.52. The Kier molecular flexibility index (Phi) is 6.99. The molecule has 1 N–H and O–H groups in total. The second-order valence-corrected chi connectivity index (χ2v) is 6.35. The number of nitrogens with one attached hydrogen (secondary N) is 1. The minimum absolute atomic E-state index is 0.106. The third-order valence-corrected chi connectivity index (χ3v) is 4.04. The molecule has 7 nitrogen and oxygen atoms in total. The van der Waals surface area contributed by atoms with Crippen molar-refractivity contribution in [2.24, 2.45) is 0 Å². The molecule has 2 amide bonds. The number of nitrogens with zero attached hydrogens (tertiary/aromatic N) is 2. The lowest BCUT2D eigenvalue weighted by Gasteiger charge is -2.22. The molecular formula is C21H23N3O4. The highest BCUT2D eigenvalue weighted by molar-refractivity contribution is 5.95. The summed E-state index contributed by atoms with van der Waals surface area (Å²) in [4.78, 5) is 26.0. The minimum Gasteiger partial charge on any atom is -0.493 e. The molecule has 0 aromatic heterocycles. The first-order valence-corrected chi connectivity index (χ1v) is 8.70. The van der Waals surface area contributed by atoms with Crippen LogP contribution in [0, 0.1) is 18.3 Å². The summed E-state index contributed by atoms with van der Waals surface area (Å²) in [7, 11) is 2.99. The minimum atomic E-state index is -0.834. The molecule has 0 aliphatic heterocycles. The molecule has 0 radical (unpaired) electrons. The number of methoxy groups -OCH3 is 1. The van der Waals surface area contributed by atoms with Crippen LogP contribution in [0.2, 0.25) is 0 Å². The topological polar surface area (TPSA) is 91.7 Å². The van der Waals surface area contributed by atoms with Crippen molar-refractivity contribution in [1.29, 1.82) is 5.26 Å². The molecule has 146 valence electrons. The van der Waals surface area contributed by atoms with Crippen LogP contribution >= 0.6 is 0 Å². The average Bonchev–Trinajstić information content (AvgIpc) is 2.69. The maximum absolute atomic E-state index is 12.5. The van der Waals surface area contributed by atoms with E-state index < -0.39 is 6.10 Å². The number of hydrogen-bond acceptors (Lipinski definition) is 5. The van der Waals surface area contributed by atoms with E-state index in [1.165, 1.54) is 25.1 Å². The van der Waals surface area contributed by atoms with E-state index in [1.54, 1.807) is 31.2 Å². The predicted molar refractivity (Wildman–Crippen MR) is 105 cm³/mol. The van der Waals surface area contributed by atoms with Gasteiger partial charge in [0.05, 0.1) is 25.3 Å². The number of ether oxygens (including phenoxy) is 2. The summed E-state index contributed by atoms with van der Waals surface area (Å²) in [6, 6.07) is 14.1. The number of rotatable bonds is 7. The summed E-state index contributed by atoms with van der Waals surface area (Å²) < 4.78 is 10.9. The van der Waals surface area contributed by atoms with Crippen LogP contribution in [0.4, 0.5) is 5.69 Å². The van der Waals surface area contributed by atoms with Crippen molar-refractivity contribution in [2.75, 3.05) is 26.0 Å². The first-order chi connectivity index (χ1) is 13.3. The summed E-state index contributed by atoms with van der Waals surface area (Å²) >= 11 is 0. The molecule has 0 spiro atoms. The van der Waals surface area contributed by atoms with Crippen molar-refractivity contribution >= 4 is 17.5 Å². The Labute approximate surface area is 164 Å². The normalized spacial score (nSPS) is 11.1.